The van der Waals surface area contributed by atoms with Gasteiger partial charge in [-0.05, 0) is 68.6 Å². The first kappa shape index (κ1) is 21.1. The van der Waals surface area contributed by atoms with Gasteiger partial charge in [0, 0.05) is 11.1 Å². The molecule has 0 bridgehead atoms. The Hall–Kier alpha value is -2.19. The highest BCUT2D eigenvalue weighted by Crippen LogP contribution is 2.27. The first-order valence-corrected chi connectivity index (χ1v) is 9.47. The van der Waals surface area contributed by atoms with Crippen molar-refractivity contribution in [3.8, 4) is 5.75 Å². The molecule has 5 nitrogen and oxygen atoms in total. The van der Waals surface area contributed by atoms with Crippen LogP contribution in [-0.4, -0.2) is 23.4 Å². The van der Waals surface area contributed by atoms with E-state index in [1.165, 1.54) is 18.2 Å². The fourth-order valence-corrected chi connectivity index (χ4v) is 2.74. The molecule has 0 heterocycles. The summed E-state index contributed by atoms with van der Waals surface area (Å²) in [5.41, 5.74) is 1.31. The van der Waals surface area contributed by atoms with E-state index < -0.39 is 11.8 Å². The Labute approximate surface area is 172 Å². The van der Waals surface area contributed by atoms with Gasteiger partial charge in [-0.1, -0.05) is 29.4 Å². The smallest absolute Gasteiger partial charge is 0.358 e. The van der Waals surface area contributed by atoms with Gasteiger partial charge in [0.25, 0.3) is 0 Å². The van der Waals surface area contributed by atoms with Crippen molar-refractivity contribution < 1.29 is 23.9 Å². The Morgan fingerprint density at radius 1 is 1.26 bits per heavy atom. The first-order chi connectivity index (χ1) is 12.9. The van der Waals surface area contributed by atoms with Crippen LogP contribution in [-0.2, 0) is 16.2 Å². The van der Waals surface area contributed by atoms with E-state index in [0.29, 0.717) is 25.8 Å². The lowest BCUT2D eigenvalue weighted by molar-refractivity contribution is -0.129. The van der Waals surface area contributed by atoms with Gasteiger partial charge in [0.05, 0.1) is 3.39 Å². The summed E-state index contributed by atoms with van der Waals surface area (Å²) < 4.78 is 20.0. The predicted octanol–water partition coefficient (Wildman–Crippen LogP) is 5.32. The van der Waals surface area contributed by atoms with E-state index in [2.05, 4.69) is 37.0 Å². The zero-order chi connectivity index (χ0) is 19.8. The zero-order valence-electron chi connectivity index (χ0n) is 14.3. The molecule has 0 aliphatic heterocycles. The summed E-state index contributed by atoms with van der Waals surface area (Å²) in [6, 6.07) is 11.0. The maximum absolute atomic E-state index is 13.5. The van der Waals surface area contributed by atoms with Gasteiger partial charge in [-0.15, -0.1) is 0 Å². The summed E-state index contributed by atoms with van der Waals surface area (Å²) in [4.78, 5) is 16.4. The second-order valence-corrected chi connectivity index (χ2v) is 8.00. The van der Waals surface area contributed by atoms with Gasteiger partial charge >= 0.3 is 5.97 Å². The fraction of sp³-hybridized carbons (Fsp3) is 0.158. The molecule has 0 spiro atoms. The number of oxime groups is 1. The standard InChI is InChI=1S/C19H16Br2FNO4/c1-2-27-23-18(19(24)25)15-6-4-3-5-12(15)11-26-16-8-7-14(22)9-13(16)10-17(20)21/h3-10H,2,11H2,1H3,(H,24,25). The molecule has 0 unspecified atom stereocenters. The van der Waals surface area contributed by atoms with Crippen LogP contribution in [0.2, 0.25) is 0 Å². The minimum absolute atomic E-state index is 0.0704. The molecule has 0 saturated carbocycles. The highest BCUT2D eigenvalue weighted by atomic mass is 79.9. The third kappa shape index (κ3) is 6.18. The van der Waals surface area contributed by atoms with E-state index in [0.717, 1.165) is 0 Å². The second kappa shape index (κ2) is 10.2. The summed E-state index contributed by atoms with van der Waals surface area (Å²) >= 11 is 6.48. The second-order valence-electron chi connectivity index (χ2n) is 5.22. The van der Waals surface area contributed by atoms with Crippen LogP contribution in [0.5, 0.6) is 5.75 Å². The molecule has 1 N–H and O–H groups in total. The molecule has 0 radical (unpaired) electrons. The Bertz CT molecular complexity index is 880. The summed E-state index contributed by atoms with van der Waals surface area (Å²) in [5, 5.41) is 13.1. The number of carbonyl (C=O) groups is 1. The van der Waals surface area contributed by atoms with E-state index in [1.54, 1.807) is 37.3 Å². The molecule has 0 fully saturated rings. The Balaban J connectivity index is 2.33. The van der Waals surface area contributed by atoms with Crippen molar-refractivity contribution in [1.82, 2.24) is 0 Å². The van der Waals surface area contributed by atoms with Gasteiger partial charge in [-0.25, -0.2) is 9.18 Å². The van der Waals surface area contributed by atoms with Crippen LogP contribution in [0.3, 0.4) is 0 Å². The van der Waals surface area contributed by atoms with Crippen LogP contribution in [0, 0.1) is 5.82 Å². The summed E-state index contributed by atoms with van der Waals surface area (Å²) in [6.45, 7) is 2.03. The molecule has 2 aromatic rings. The highest BCUT2D eigenvalue weighted by molar-refractivity contribution is 9.28. The molecule has 27 heavy (non-hydrogen) atoms. The lowest BCUT2D eigenvalue weighted by atomic mass is 10.0. The molecule has 0 aliphatic carbocycles. The van der Waals surface area contributed by atoms with Crippen molar-refractivity contribution in [1.29, 1.82) is 0 Å². The largest absolute Gasteiger partial charge is 0.488 e. The molecule has 2 aromatic carbocycles. The van der Waals surface area contributed by atoms with E-state index in [1.807, 2.05) is 0 Å². The number of hydrogen-bond acceptors (Lipinski definition) is 4. The number of ether oxygens (including phenoxy) is 1. The summed E-state index contributed by atoms with van der Waals surface area (Å²) in [5.74, 6) is -1.15. The number of nitrogens with zero attached hydrogens (tertiary/aromatic N) is 1. The van der Waals surface area contributed by atoms with Crippen molar-refractivity contribution in [3.63, 3.8) is 0 Å². The van der Waals surface area contributed by atoms with Gasteiger partial charge in [0.15, 0.2) is 5.71 Å². The lowest BCUT2D eigenvalue weighted by Crippen LogP contribution is -2.18. The normalized spacial score (nSPS) is 11.0. The number of carboxylic acids is 1. The number of rotatable bonds is 8. The van der Waals surface area contributed by atoms with Gasteiger partial charge in [0.2, 0.25) is 0 Å². The first-order valence-electron chi connectivity index (χ1n) is 7.89. The van der Waals surface area contributed by atoms with Gasteiger partial charge < -0.3 is 14.7 Å². The third-order valence-electron chi connectivity index (χ3n) is 3.38. The van der Waals surface area contributed by atoms with E-state index in [9.17, 15) is 14.3 Å². The number of carboxylic acid groups (broad SMARTS) is 1. The molecular formula is C19H16Br2FNO4. The Morgan fingerprint density at radius 3 is 2.67 bits per heavy atom. The molecule has 2 rings (SSSR count). The molecule has 0 saturated heterocycles. The van der Waals surface area contributed by atoms with Crippen LogP contribution in [0.4, 0.5) is 4.39 Å². The molecule has 0 aromatic heterocycles. The third-order valence-corrected chi connectivity index (χ3v) is 3.84. The average molecular weight is 501 g/mol. The topological polar surface area (TPSA) is 68.1 Å². The molecular weight excluding hydrogens is 485 g/mol. The monoisotopic (exact) mass is 499 g/mol. The minimum Gasteiger partial charge on any atom is -0.488 e. The number of hydrogen-bond donors (Lipinski definition) is 1. The number of benzene rings is 2. The average Bonchev–Trinajstić information content (AvgIpc) is 2.61. The predicted molar refractivity (Wildman–Crippen MR) is 109 cm³/mol. The molecule has 142 valence electrons. The quantitative estimate of drug-likeness (QED) is 0.393. The summed E-state index contributed by atoms with van der Waals surface area (Å²) in [6.07, 6.45) is 1.66. The Kier molecular flexibility index (Phi) is 7.99. The number of aliphatic carboxylic acids is 1. The van der Waals surface area contributed by atoms with Crippen LogP contribution in [0.1, 0.15) is 23.6 Å². The van der Waals surface area contributed by atoms with Gasteiger partial charge in [-0.3, -0.25) is 0 Å². The van der Waals surface area contributed by atoms with Crippen LogP contribution in [0.25, 0.3) is 6.08 Å². The maximum atomic E-state index is 13.5. The van der Waals surface area contributed by atoms with Crippen molar-refractivity contribution >= 4 is 49.6 Å². The summed E-state index contributed by atoms with van der Waals surface area (Å²) in [7, 11) is 0. The van der Waals surface area contributed by atoms with Crippen molar-refractivity contribution in [2.24, 2.45) is 5.16 Å². The SMILES string of the molecule is CCON=C(C(=O)O)c1ccccc1COc1ccc(F)cc1C=C(Br)Br. The van der Waals surface area contributed by atoms with Crippen molar-refractivity contribution in [3.05, 3.63) is 68.4 Å². The molecule has 0 aliphatic rings. The van der Waals surface area contributed by atoms with E-state index >= 15 is 0 Å². The van der Waals surface area contributed by atoms with Gasteiger partial charge in [0.1, 0.15) is 24.8 Å². The van der Waals surface area contributed by atoms with E-state index in [-0.39, 0.29) is 18.9 Å². The molecule has 0 amide bonds. The van der Waals surface area contributed by atoms with Crippen LogP contribution >= 0.6 is 31.9 Å². The zero-order valence-corrected chi connectivity index (χ0v) is 17.5. The van der Waals surface area contributed by atoms with E-state index in [4.69, 9.17) is 9.57 Å². The molecule has 0 atom stereocenters. The highest BCUT2D eigenvalue weighted by Gasteiger charge is 2.18. The Morgan fingerprint density at radius 2 is 2.00 bits per heavy atom. The van der Waals surface area contributed by atoms with Gasteiger partial charge in [-0.2, -0.15) is 0 Å². The van der Waals surface area contributed by atoms with Crippen molar-refractivity contribution in [2.45, 2.75) is 13.5 Å². The maximum Gasteiger partial charge on any atom is 0.358 e. The molecule has 8 heteroatoms. The number of halogens is 3. The minimum atomic E-state index is -1.20. The van der Waals surface area contributed by atoms with Crippen LogP contribution in [0.15, 0.2) is 51.0 Å². The van der Waals surface area contributed by atoms with Crippen molar-refractivity contribution in [2.75, 3.05) is 6.61 Å². The van der Waals surface area contributed by atoms with Crippen LogP contribution < -0.4 is 4.74 Å². The fourth-order valence-electron chi connectivity index (χ4n) is 2.25. The lowest BCUT2D eigenvalue weighted by Gasteiger charge is -2.13.